The predicted octanol–water partition coefficient (Wildman–Crippen LogP) is 4.30. The molecule has 1 aromatic carbocycles. The van der Waals surface area contributed by atoms with Gasteiger partial charge in [0.15, 0.2) is 0 Å². The van der Waals surface area contributed by atoms with Crippen LogP contribution in [0.15, 0.2) is 30.5 Å². The van der Waals surface area contributed by atoms with Crippen LogP contribution in [0.4, 0.5) is 5.82 Å². The van der Waals surface area contributed by atoms with Crippen molar-refractivity contribution in [2.75, 3.05) is 17.2 Å². The van der Waals surface area contributed by atoms with Gasteiger partial charge >= 0.3 is 0 Å². The zero-order valence-electron chi connectivity index (χ0n) is 11.8. The Morgan fingerprint density at radius 3 is 2.80 bits per heavy atom. The summed E-state index contributed by atoms with van der Waals surface area (Å²) < 4.78 is 0. The summed E-state index contributed by atoms with van der Waals surface area (Å²) in [6, 6.07) is 8.96. The third kappa shape index (κ3) is 2.38. The maximum atomic E-state index is 6.04. The van der Waals surface area contributed by atoms with Crippen LogP contribution >= 0.6 is 23.4 Å². The molecule has 0 saturated carbocycles. The smallest absolute Gasteiger partial charge is 0.136 e. The van der Waals surface area contributed by atoms with Gasteiger partial charge < -0.3 is 4.90 Å². The Morgan fingerprint density at radius 1 is 1.30 bits per heavy atom. The van der Waals surface area contributed by atoms with Gasteiger partial charge in [0, 0.05) is 41.1 Å². The van der Waals surface area contributed by atoms with E-state index in [9.17, 15) is 0 Å². The minimum Gasteiger partial charge on any atom is -0.351 e. The minimum atomic E-state index is 0.506. The van der Waals surface area contributed by atoms with Gasteiger partial charge in [0.1, 0.15) is 5.82 Å². The van der Waals surface area contributed by atoms with Gasteiger partial charge in [-0.15, -0.1) is 11.6 Å². The predicted molar refractivity (Wildman–Crippen MR) is 90.0 cm³/mol. The molecular weight excluding hydrogens is 288 g/mol. The highest BCUT2D eigenvalue weighted by atomic mass is 35.5. The van der Waals surface area contributed by atoms with E-state index >= 15 is 0 Å². The van der Waals surface area contributed by atoms with E-state index in [1.54, 1.807) is 0 Å². The minimum absolute atomic E-state index is 0.506. The number of pyridine rings is 1. The monoisotopic (exact) mass is 306 g/mol. The molecule has 1 aliphatic heterocycles. The van der Waals surface area contributed by atoms with Gasteiger partial charge in [0.25, 0.3) is 0 Å². The lowest BCUT2D eigenvalue weighted by Gasteiger charge is -2.39. The molecule has 4 heteroatoms. The Bertz CT molecular complexity index is 616. The molecule has 1 aliphatic rings. The first-order valence-corrected chi connectivity index (χ1v) is 8.61. The fourth-order valence-corrected chi connectivity index (χ4v) is 4.12. The first kappa shape index (κ1) is 14.0. The Labute approximate surface area is 129 Å². The lowest BCUT2D eigenvalue weighted by atomic mass is 10.1. The molecule has 20 heavy (non-hydrogen) atoms. The van der Waals surface area contributed by atoms with Gasteiger partial charge in [-0.2, -0.15) is 11.8 Å². The number of halogens is 1. The summed E-state index contributed by atoms with van der Waals surface area (Å²) in [5, 5.41) is 3.08. The number of fused-ring (bicyclic) bond motifs is 1. The van der Waals surface area contributed by atoms with Gasteiger partial charge in [-0.25, -0.2) is 4.98 Å². The van der Waals surface area contributed by atoms with Crippen molar-refractivity contribution >= 4 is 40.0 Å². The molecule has 3 rings (SSSR count). The van der Waals surface area contributed by atoms with Crippen LogP contribution in [0.5, 0.6) is 0 Å². The van der Waals surface area contributed by atoms with E-state index in [1.807, 2.05) is 18.0 Å². The molecule has 2 unspecified atom stereocenters. The molecular formula is C16H19ClN2S. The standard InChI is InChI=1S/C16H19ClN2S/c1-11-12(2)20-8-7-19(11)16-15-6-4-3-5-14(15)13(9-17)10-18-16/h3-6,10-12H,7-9H2,1-2H3. The van der Waals surface area contributed by atoms with Crippen LogP contribution in [0.2, 0.25) is 0 Å². The van der Waals surface area contributed by atoms with Crippen molar-refractivity contribution in [1.29, 1.82) is 0 Å². The molecule has 0 amide bonds. The van der Waals surface area contributed by atoms with Crippen LogP contribution in [0, 0.1) is 0 Å². The van der Waals surface area contributed by atoms with Crippen LogP contribution in [-0.4, -0.2) is 28.6 Å². The molecule has 0 aliphatic carbocycles. The molecule has 1 fully saturated rings. The van der Waals surface area contributed by atoms with Gasteiger partial charge in [-0.05, 0) is 17.9 Å². The highest BCUT2D eigenvalue weighted by molar-refractivity contribution is 8.00. The molecule has 0 spiro atoms. The number of hydrogen-bond acceptors (Lipinski definition) is 3. The van der Waals surface area contributed by atoms with Gasteiger partial charge in [0.2, 0.25) is 0 Å². The third-order valence-electron chi connectivity index (χ3n) is 4.16. The zero-order chi connectivity index (χ0) is 14.1. The zero-order valence-corrected chi connectivity index (χ0v) is 13.4. The van der Waals surface area contributed by atoms with Gasteiger partial charge in [-0.3, -0.25) is 0 Å². The van der Waals surface area contributed by atoms with E-state index in [0.717, 1.165) is 17.9 Å². The summed E-state index contributed by atoms with van der Waals surface area (Å²) in [7, 11) is 0. The summed E-state index contributed by atoms with van der Waals surface area (Å²) in [5.41, 5.74) is 1.11. The normalized spacial score (nSPS) is 23.2. The highest BCUT2D eigenvalue weighted by Gasteiger charge is 2.27. The van der Waals surface area contributed by atoms with Crippen molar-refractivity contribution in [3.63, 3.8) is 0 Å². The average Bonchev–Trinajstić information content (AvgIpc) is 2.49. The largest absolute Gasteiger partial charge is 0.351 e. The molecule has 0 N–H and O–H groups in total. The molecule has 2 aromatic rings. The van der Waals surface area contributed by atoms with Crippen LogP contribution in [0.25, 0.3) is 10.8 Å². The summed E-state index contributed by atoms with van der Waals surface area (Å²) in [5.74, 6) is 2.78. The highest BCUT2D eigenvalue weighted by Crippen LogP contribution is 2.33. The SMILES string of the molecule is CC1SCCN(c2ncc(CCl)c3ccccc23)C1C. The van der Waals surface area contributed by atoms with Crippen LogP contribution in [0.3, 0.4) is 0 Å². The number of hydrogen-bond donors (Lipinski definition) is 0. The summed E-state index contributed by atoms with van der Waals surface area (Å²) >= 11 is 8.09. The topological polar surface area (TPSA) is 16.1 Å². The number of benzene rings is 1. The third-order valence-corrected chi connectivity index (χ3v) is 5.78. The van der Waals surface area contributed by atoms with E-state index < -0.39 is 0 Å². The van der Waals surface area contributed by atoms with Crippen molar-refractivity contribution in [1.82, 2.24) is 4.98 Å². The maximum absolute atomic E-state index is 6.04. The molecule has 0 bridgehead atoms. The molecule has 1 aromatic heterocycles. The van der Waals surface area contributed by atoms with Crippen molar-refractivity contribution < 1.29 is 0 Å². The Hall–Kier alpha value is -0.930. The Morgan fingerprint density at radius 2 is 2.05 bits per heavy atom. The second-order valence-electron chi connectivity index (χ2n) is 5.30. The number of rotatable bonds is 2. The Kier molecular flexibility index (Phi) is 4.08. The lowest BCUT2D eigenvalue weighted by molar-refractivity contribution is 0.622. The van der Waals surface area contributed by atoms with Gasteiger partial charge in [-0.1, -0.05) is 31.2 Å². The quantitative estimate of drug-likeness (QED) is 0.769. The van der Waals surface area contributed by atoms with Gasteiger partial charge in [0.05, 0.1) is 0 Å². The van der Waals surface area contributed by atoms with E-state index in [1.165, 1.54) is 16.5 Å². The Balaban J connectivity index is 2.12. The molecule has 0 radical (unpaired) electrons. The first-order chi connectivity index (χ1) is 9.72. The van der Waals surface area contributed by atoms with Crippen molar-refractivity contribution in [2.24, 2.45) is 0 Å². The number of thioether (sulfide) groups is 1. The number of anilines is 1. The van der Waals surface area contributed by atoms with Crippen LogP contribution < -0.4 is 4.90 Å². The van der Waals surface area contributed by atoms with E-state index in [2.05, 4.69) is 43.0 Å². The second-order valence-corrected chi connectivity index (χ2v) is 7.05. The lowest BCUT2D eigenvalue weighted by Crippen LogP contribution is -2.45. The van der Waals surface area contributed by atoms with Crippen LogP contribution in [0.1, 0.15) is 19.4 Å². The molecule has 2 nitrogen and oxygen atoms in total. The number of nitrogens with zero attached hydrogens (tertiary/aromatic N) is 2. The summed E-state index contributed by atoms with van der Waals surface area (Å²) in [6.45, 7) is 5.66. The summed E-state index contributed by atoms with van der Waals surface area (Å²) in [4.78, 5) is 7.16. The fourth-order valence-electron chi connectivity index (χ4n) is 2.80. The molecule has 2 heterocycles. The van der Waals surface area contributed by atoms with E-state index in [0.29, 0.717) is 17.2 Å². The number of aromatic nitrogens is 1. The van der Waals surface area contributed by atoms with Crippen molar-refractivity contribution in [3.05, 3.63) is 36.0 Å². The maximum Gasteiger partial charge on any atom is 0.136 e. The summed E-state index contributed by atoms with van der Waals surface area (Å²) in [6.07, 6.45) is 1.93. The fraction of sp³-hybridized carbons (Fsp3) is 0.438. The molecule has 106 valence electrons. The number of alkyl halides is 1. The molecule has 2 atom stereocenters. The molecule has 1 saturated heterocycles. The first-order valence-electron chi connectivity index (χ1n) is 7.03. The van der Waals surface area contributed by atoms with Crippen molar-refractivity contribution in [3.8, 4) is 0 Å². The second kappa shape index (κ2) is 5.82. The van der Waals surface area contributed by atoms with Crippen molar-refractivity contribution in [2.45, 2.75) is 31.0 Å². The van der Waals surface area contributed by atoms with E-state index in [4.69, 9.17) is 16.6 Å². The van der Waals surface area contributed by atoms with E-state index in [-0.39, 0.29) is 0 Å². The average molecular weight is 307 g/mol. The van der Waals surface area contributed by atoms with Crippen LogP contribution in [-0.2, 0) is 5.88 Å².